The summed E-state index contributed by atoms with van der Waals surface area (Å²) in [4.78, 5) is 9.50. The second kappa shape index (κ2) is 9.79. The fourth-order valence-electron chi connectivity index (χ4n) is 7.03. The molecule has 0 unspecified atom stereocenters. The van der Waals surface area contributed by atoms with Crippen LogP contribution in [0.1, 0.15) is 11.1 Å². The molecule has 5 aromatic carbocycles. The van der Waals surface area contributed by atoms with Gasteiger partial charge in [0.2, 0.25) is 0 Å². The lowest BCUT2D eigenvalue weighted by Crippen LogP contribution is -1.97. The van der Waals surface area contributed by atoms with E-state index in [1.807, 2.05) is 36.7 Å². The fraction of sp³-hybridized carbons (Fsp3) is 0.0500. The number of ether oxygens (including phenoxy) is 1. The van der Waals surface area contributed by atoms with Crippen LogP contribution >= 0.6 is 0 Å². The highest BCUT2D eigenvalue weighted by Gasteiger charge is 2.17. The van der Waals surface area contributed by atoms with Crippen LogP contribution in [0.4, 0.5) is 0 Å². The van der Waals surface area contributed by atoms with Gasteiger partial charge in [0.1, 0.15) is 23.0 Å². The van der Waals surface area contributed by atoms with Gasteiger partial charge in [-0.05, 0) is 84.5 Å². The molecule has 0 aliphatic heterocycles. The molecule has 0 radical (unpaired) electrons. The monoisotopic (exact) mass is 580 g/mol. The van der Waals surface area contributed by atoms with E-state index >= 15 is 0 Å². The van der Waals surface area contributed by atoms with E-state index in [-0.39, 0.29) is 0 Å². The van der Waals surface area contributed by atoms with Crippen molar-refractivity contribution in [1.82, 2.24) is 18.9 Å². The molecular formula is C40H28N4O. The Morgan fingerprint density at radius 3 is 2.13 bits per heavy atom. The minimum absolute atomic E-state index is 0.762. The first-order chi connectivity index (χ1) is 22.2. The Morgan fingerprint density at radius 1 is 0.556 bits per heavy atom. The average molecular weight is 581 g/mol. The Bertz CT molecular complexity index is 2570. The van der Waals surface area contributed by atoms with Crippen LogP contribution in [-0.2, 0) is 0 Å². The number of fused-ring (bicyclic) bond motifs is 9. The second-order valence-electron chi connectivity index (χ2n) is 11.6. The van der Waals surface area contributed by atoms with Crippen LogP contribution in [0.2, 0.25) is 0 Å². The Balaban J connectivity index is 1.21. The maximum atomic E-state index is 6.57. The van der Waals surface area contributed by atoms with Crippen LogP contribution in [0.5, 0.6) is 11.5 Å². The van der Waals surface area contributed by atoms with Gasteiger partial charge >= 0.3 is 0 Å². The molecule has 9 aromatic rings. The fourth-order valence-corrected chi connectivity index (χ4v) is 7.03. The largest absolute Gasteiger partial charge is 0.457 e. The van der Waals surface area contributed by atoms with Crippen molar-refractivity contribution < 1.29 is 4.74 Å². The highest BCUT2D eigenvalue weighted by atomic mass is 16.5. The van der Waals surface area contributed by atoms with Crippen molar-refractivity contribution in [2.45, 2.75) is 13.8 Å². The number of rotatable bonds is 4. The molecule has 0 saturated carbocycles. The predicted octanol–water partition coefficient (Wildman–Crippen LogP) is 10.2. The zero-order chi connectivity index (χ0) is 30.1. The quantitative estimate of drug-likeness (QED) is 0.195. The lowest BCUT2D eigenvalue weighted by molar-refractivity contribution is 0.484. The number of hydrogen-bond acceptors (Lipinski definition) is 3. The van der Waals surface area contributed by atoms with E-state index in [9.17, 15) is 0 Å². The predicted molar refractivity (Wildman–Crippen MR) is 184 cm³/mol. The van der Waals surface area contributed by atoms with E-state index < -0.39 is 0 Å². The number of nitrogens with zero attached hydrogens (tertiary/aromatic N) is 4. The average Bonchev–Trinajstić information content (AvgIpc) is 3.69. The lowest BCUT2D eigenvalue weighted by atomic mass is 9.92. The molecule has 0 atom stereocenters. The molecule has 0 saturated heterocycles. The van der Waals surface area contributed by atoms with Gasteiger partial charge < -0.3 is 4.74 Å². The highest BCUT2D eigenvalue weighted by Crippen LogP contribution is 2.40. The highest BCUT2D eigenvalue weighted by molar-refractivity contribution is 6.15. The third kappa shape index (κ3) is 3.87. The van der Waals surface area contributed by atoms with E-state index in [0.717, 1.165) is 55.7 Å². The van der Waals surface area contributed by atoms with Gasteiger partial charge in [0, 0.05) is 51.8 Å². The van der Waals surface area contributed by atoms with Crippen LogP contribution in [0.15, 0.2) is 134 Å². The van der Waals surface area contributed by atoms with Gasteiger partial charge in [-0.2, -0.15) is 0 Å². The number of hydrogen-bond donors (Lipinski definition) is 0. The van der Waals surface area contributed by atoms with Gasteiger partial charge in [0.05, 0.1) is 16.6 Å². The Hall–Kier alpha value is -5.94. The summed E-state index contributed by atoms with van der Waals surface area (Å²) in [6.45, 7) is 4.37. The molecule has 0 aliphatic rings. The van der Waals surface area contributed by atoms with Gasteiger partial charge in [-0.3, -0.25) is 8.97 Å². The lowest BCUT2D eigenvalue weighted by Gasteiger charge is -2.16. The summed E-state index contributed by atoms with van der Waals surface area (Å²) < 4.78 is 11.0. The topological polar surface area (TPSA) is 44.3 Å². The molecule has 0 amide bonds. The summed E-state index contributed by atoms with van der Waals surface area (Å²) in [7, 11) is 0. The minimum atomic E-state index is 0.762. The smallest absolute Gasteiger partial charge is 0.145 e. The molecule has 0 bridgehead atoms. The zero-order valence-electron chi connectivity index (χ0n) is 24.9. The van der Waals surface area contributed by atoms with E-state index in [2.05, 4.69) is 125 Å². The van der Waals surface area contributed by atoms with Crippen molar-refractivity contribution in [3.63, 3.8) is 0 Å². The molecule has 45 heavy (non-hydrogen) atoms. The summed E-state index contributed by atoms with van der Waals surface area (Å²) in [6.07, 6.45) is 5.77. The van der Waals surface area contributed by atoms with Crippen LogP contribution < -0.4 is 4.74 Å². The van der Waals surface area contributed by atoms with Gasteiger partial charge in [0.25, 0.3) is 0 Å². The summed E-state index contributed by atoms with van der Waals surface area (Å²) in [5.41, 5.74) is 9.25. The Kier molecular flexibility index (Phi) is 5.56. The number of para-hydroxylation sites is 2. The molecule has 0 aliphatic carbocycles. The molecule has 5 nitrogen and oxygen atoms in total. The third-order valence-corrected chi connectivity index (χ3v) is 8.95. The zero-order valence-corrected chi connectivity index (χ0v) is 24.9. The van der Waals surface area contributed by atoms with Crippen molar-refractivity contribution in [1.29, 1.82) is 0 Å². The van der Waals surface area contributed by atoms with E-state index in [0.29, 0.717) is 0 Å². The number of benzene rings is 5. The van der Waals surface area contributed by atoms with E-state index in [1.54, 1.807) is 0 Å². The Morgan fingerprint density at radius 2 is 1.29 bits per heavy atom. The van der Waals surface area contributed by atoms with Crippen molar-refractivity contribution >= 4 is 49.1 Å². The number of aryl methyl sites for hydroxylation is 2. The first kappa shape index (κ1) is 25.5. The van der Waals surface area contributed by atoms with Crippen molar-refractivity contribution in [3.8, 4) is 28.4 Å². The van der Waals surface area contributed by atoms with Gasteiger partial charge in [-0.25, -0.2) is 9.97 Å². The molecule has 0 fully saturated rings. The second-order valence-corrected chi connectivity index (χ2v) is 11.6. The normalized spacial score (nSPS) is 11.8. The summed E-state index contributed by atoms with van der Waals surface area (Å²) in [5.74, 6) is 2.40. The van der Waals surface area contributed by atoms with Crippen LogP contribution in [0.25, 0.3) is 66.1 Å². The van der Waals surface area contributed by atoms with Gasteiger partial charge in [0.15, 0.2) is 0 Å². The molecule has 5 heteroatoms. The van der Waals surface area contributed by atoms with Crippen molar-refractivity contribution in [2.24, 2.45) is 0 Å². The Labute approximate surface area is 259 Å². The summed E-state index contributed by atoms with van der Waals surface area (Å²) in [5, 5.41) is 5.72. The van der Waals surface area contributed by atoms with Crippen molar-refractivity contribution in [3.05, 3.63) is 145 Å². The molecular weight excluding hydrogens is 552 g/mol. The van der Waals surface area contributed by atoms with Crippen LogP contribution in [0, 0.1) is 13.8 Å². The number of imidazole rings is 1. The summed E-state index contributed by atoms with van der Waals surface area (Å²) >= 11 is 0. The standard InChI is InChI=1S/C40H28N4O/c1-25-9-7-10-26(2)38(25)33-13-8-12-32-29-18-16-27(23-34(29)40-42-21-22-43(40)39(32)33)45-28-17-19-31-30-11-3-4-14-35(30)44(36(31)24-28)37-15-5-6-20-41-37/h3-24H,1-2H3. The molecule has 4 aromatic heterocycles. The maximum Gasteiger partial charge on any atom is 0.145 e. The van der Waals surface area contributed by atoms with Gasteiger partial charge in [-0.1, -0.05) is 60.7 Å². The molecule has 9 rings (SSSR count). The van der Waals surface area contributed by atoms with Crippen LogP contribution in [0.3, 0.4) is 0 Å². The molecule has 0 spiro atoms. The third-order valence-electron chi connectivity index (χ3n) is 8.95. The first-order valence-corrected chi connectivity index (χ1v) is 15.2. The maximum absolute atomic E-state index is 6.57. The van der Waals surface area contributed by atoms with Crippen molar-refractivity contribution in [2.75, 3.05) is 0 Å². The van der Waals surface area contributed by atoms with E-state index in [1.165, 1.54) is 33.0 Å². The summed E-state index contributed by atoms with van der Waals surface area (Å²) in [6, 6.07) is 40.2. The van der Waals surface area contributed by atoms with E-state index in [4.69, 9.17) is 9.72 Å². The number of aromatic nitrogens is 4. The molecule has 0 N–H and O–H groups in total. The van der Waals surface area contributed by atoms with Gasteiger partial charge in [-0.15, -0.1) is 0 Å². The van der Waals surface area contributed by atoms with Crippen LogP contribution in [-0.4, -0.2) is 18.9 Å². The molecule has 214 valence electrons. The SMILES string of the molecule is Cc1cccc(C)c1-c1cccc2c3ccc(Oc4ccc5c6ccccc6n(-c6ccccn6)c5c4)cc3c3nccn3c12. The number of pyridine rings is 2. The first-order valence-electron chi connectivity index (χ1n) is 15.2. The molecule has 4 heterocycles. The minimum Gasteiger partial charge on any atom is -0.457 e.